The lowest BCUT2D eigenvalue weighted by molar-refractivity contribution is 0.299. The maximum absolute atomic E-state index is 13.6. The molecule has 2 aromatic rings. The Morgan fingerprint density at radius 3 is 2.48 bits per heavy atom. The molecule has 21 heavy (non-hydrogen) atoms. The molecule has 4 heteroatoms. The molecule has 0 aliphatic rings. The zero-order valence-corrected chi connectivity index (χ0v) is 13.0. The van der Waals surface area contributed by atoms with Crippen molar-refractivity contribution in [2.24, 2.45) is 0 Å². The van der Waals surface area contributed by atoms with E-state index in [0.29, 0.717) is 16.6 Å². The number of nitrogens with one attached hydrogen (secondary N) is 1. The van der Waals surface area contributed by atoms with E-state index in [0.717, 1.165) is 12.2 Å². The first-order chi connectivity index (χ1) is 10.1. The first kappa shape index (κ1) is 15.8. The fraction of sp³-hybridized carbons (Fsp3) is 0.294. The summed E-state index contributed by atoms with van der Waals surface area (Å²) in [5.41, 5.74) is 1.70. The van der Waals surface area contributed by atoms with E-state index in [4.69, 9.17) is 16.3 Å². The Morgan fingerprint density at radius 2 is 1.90 bits per heavy atom. The summed E-state index contributed by atoms with van der Waals surface area (Å²) in [5.74, 6) is 0.374. The maximum Gasteiger partial charge on any atom is 0.131 e. The van der Waals surface area contributed by atoms with Gasteiger partial charge < -0.3 is 10.1 Å². The Labute approximate surface area is 129 Å². The number of rotatable bonds is 6. The van der Waals surface area contributed by atoms with E-state index in [9.17, 15) is 4.39 Å². The lowest BCUT2D eigenvalue weighted by Crippen LogP contribution is -2.14. The normalized spacial score (nSPS) is 12.2. The molecular weight excluding hydrogens is 289 g/mol. The van der Waals surface area contributed by atoms with Crippen LogP contribution in [0.2, 0.25) is 5.02 Å². The van der Waals surface area contributed by atoms with Crippen LogP contribution >= 0.6 is 11.6 Å². The average molecular weight is 308 g/mol. The summed E-state index contributed by atoms with van der Waals surface area (Å²) in [5, 5.41) is 3.64. The van der Waals surface area contributed by atoms with Gasteiger partial charge in [0.2, 0.25) is 0 Å². The van der Waals surface area contributed by atoms with Crippen LogP contribution in [-0.2, 0) is 6.61 Å². The quantitative estimate of drug-likeness (QED) is 0.833. The molecule has 1 atom stereocenters. The molecule has 1 N–H and O–H groups in total. The van der Waals surface area contributed by atoms with Crippen LogP contribution in [0.4, 0.5) is 4.39 Å². The van der Waals surface area contributed by atoms with Gasteiger partial charge in [0.25, 0.3) is 0 Å². The fourth-order valence-corrected chi connectivity index (χ4v) is 2.36. The molecule has 0 aliphatic carbocycles. The van der Waals surface area contributed by atoms with Crippen LogP contribution in [0, 0.1) is 5.82 Å². The van der Waals surface area contributed by atoms with Gasteiger partial charge in [-0.2, -0.15) is 0 Å². The standard InChI is InChI=1S/C17H19ClFNO/c1-3-17(20-2)12-5-8-15(9-6-12)21-11-13-4-7-14(18)10-16(13)19/h4-10,17,20H,3,11H2,1-2H3. The molecule has 0 heterocycles. The maximum atomic E-state index is 13.6. The Kier molecular flexibility index (Phi) is 5.59. The van der Waals surface area contributed by atoms with Gasteiger partial charge in [0.1, 0.15) is 18.2 Å². The van der Waals surface area contributed by atoms with Crippen LogP contribution in [0.25, 0.3) is 0 Å². The van der Waals surface area contributed by atoms with Crippen molar-refractivity contribution in [3.63, 3.8) is 0 Å². The highest BCUT2D eigenvalue weighted by Gasteiger charge is 2.07. The number of hydrogen-bond acceptors (Lipinski definition) is 2. The molecule has 0 fully saturated rings. The van der Waals surface area contributed by atoms with Crippen molar-refractivity contribution in [2.45, 2.75) is 26.0 Å². The zero-order valence-electron chi connectivity index (χ0n) is 12.2. The van der Waals surface area contributed by atoms with Gasteiger partial charge in [-0.05, 0) is 43.3 Å². The zero-order chi connectivity index (χ0) is 15.2. The highest BCUT2D eigenvalue weighted by Crippen LogP contribution is 2.21. The predicted octanol–water partition coefficient (Wildman–Crippen LogP) is 4.73. The summed E-state index contributed by atoms with van der Waals surface area (Å²) in [6, 6.07) is 12.8. The van der Waals surface area contributed by atoms with Crippen LogP contribution in [-0.4, -0.2) is 7.05 Å². The summed E-state index contributed by atoms with van der Waals surface area (Å²) in [6.45, 7) is 2.32. The molecule has 0 spiro atoms. The van der Waals surface area contributed by atoms with Crippen molar-refractivity contribution < 1.29 is 9.13 Å². The highest BCUT2D eigenvalue weighted by atomic mass is 35.5. The molecule has 2 aromatic carbocycles. The molecule has 1 unspecified atom stereocenters. The van der Waals surface area contributed by atoms with E-state index < -0.39 is 0 Å². The molecule has 0 saturated heterocycles. The highest BCUT2D eigenvalue weighted by molar-refractivity contribution is 6.30. The number of halogens is 2. The Hall–Kier alpha value is -1.58. The van der Waals surface area contributed by atoms with Gasteiger partial charge in [-0.15, -0.1) is 0 Å². The number of hydrogen-bond donors (Lipinski definition) is 1. The number of ether oxygens (including phenoxy) is 1. The lowest BCUT2D eigenvalue weighted by Gasteiger charge is -2.15. The summed E-state index contributed by atoms with van der Waals surface area (Å²) in [7, 11) is 1.95. The van der Waals surface area contributed by atoms with Crippen molar-refractivity contribution >= 4 is 11.6 Å². The monoisotopic (exact) mass is 307 g/mol. The minimum absolute atomic E-state index is 0.186. The van der Waals surface area contributed by atoms with Crippen molar-refractivity contribution in [3.8, 4) is 5.75 Å². The molecular formula is C17H19ClFNO. The molecule has 0 aromatic heterocycles. The van der Waals surface area contributed by atoms with Gasteiger partial charge >= 0.3 is 0 Å². The van der Waals surface area contributed by atoms with Crippen molar-refractivity contribution in [2.75, 3.05) is 7.05 Å². The predicted molar refractivity (Wildman–Crippen MR) is 84.3 cm³/mol. The molecule has 2 rings (SSSR count). The Morgan fingerprint density at radius 1 is 1.19 bits per heavy atom. The van der Waals surface area contributed by atoms with E-state index in [1.54, 1.807) is 12.1 Å². The van der Waals surface area contributed by atoms with E-state index in [2.05, 4.69) is 12.2 Å². The summed E-state index contributed by atoms with van der Waals surface area (Å²) < 4.78 is 19.3. The fourth-order valence-electron chi connectivity index (χ4n) is 2.20. The first-order valence-corrected chi connectivity index (χ1v) is 7.35. The second-order valence-corrected chi connectivity index (χ2v) is 5.28. The molecule has 0 radical (unpaired) electrons. The minimum Gasteiger partial charge on any atom is -0.489 e. The Balaban J connectivity index is 2.00. The molecule has 0 aliphatic heterocycles. The van der Waals surface area contributed by atoms with Crippen molar-refractivity contribution in [1.29, 1.82) is 0 Å². The second-order valence-electron chi connectivity index (χ2n) is 4.84. The third-order valence-electron chi connectivity index (χ3n) is 3.45. The van der Waals surface area contributed by atoms with E-state index in [-0.39, 0.29) is 12.4 Å². The van der Waals surface area contributed by atoms with Crippen LogP contribution in [0.5, 0.6) is 5.75 Å². The van der Waals surface area contributed by atoms with Crippen LogP contribution < -0.4 is 10.1 Å². The van der Waals surface area contributed by atoms with Crippen LogP contribution in [0.1, 0.15) is 30.5 Å². The molecule has 2 nitrogen and oxygen atoms in total. The van der Waals surface area contributed by atoms with E-state index in [1.807, 2.05) is 31.3 Å². The van der Waals surface area contributed by atoms with Crippen LogP contribution in [0.3, 0.4) is 0 Å². The Bertz CT molecular complexity index is 582. The average Bonchev–Trinajstić information content (AvgIpc) is 2.49. The van der Waals surface area contributed by atoms with Gasteiger partial charge in [0, 0.05) is 16.6 Å². The third kappa shape index (κ3) is 4.19. The van der Waals surface area contributed by atoms with Gasteiger partial charge in [-0.3, -0.25) is 0 Å². The van der Waals surface area contributed by atoms with E-state index in [1.165, 1.54) is 11.6 Å². The second kappa shape index (κ2) is 7.43. The topological polar surface area (TPSA) is 21.3 Å². The minimum atomic E-state index is -0.347. The smallest absolute Gasteiger partial charge is 0.131 e. The van der Waals surface area contributed by atoms with Gasteiger partial charge in [-0.25, -0.2) is 4.39 Å². The largest absolute Gasteiger partial charge is 0.489 e. The summed E-state index contributed by atoms with van der Waals surface area (Å²) >= 11 is 5.72. The molecule has 0 bridgehead atoms. The van der Waals surface area contributed by atoms with Gasteiger partial charge in [0.05, 0.1) is 0 Å². The summed E-state index contributed by atoms with van der Waals surface area (Å²) in [4.78, 5) is 0. The van der Waals surface area contributed by atoms with Crippen LogP contribution in [0.15, 0.2) is 42.5 Å². The lowest BCUT2D eigenvalue weighted by atomic mass is 10.0. The summed E-state index contributed by atoms with van der Waals surface area (Å²) in [6.07, 6.45) is 1.02. The van der Waals surface area contributed by atoms with Gasteiger partial charge in [0.15, 0.2) is 0 Å². The molecule has 0 saturated carbocycles. The number of benzene rings is 2. The van der Waals surface area contributed by atoms with E-state index >= 15 is 0 Å². The van der Waals surface area contributed by atoms with Crippen molar-refractivity contribution in [1.82, 2.24) is 5.32 Å². The third-order valence-corrected chi connectivity index (χ3v) is 3.68. The van der Waals surface area contributed by atoms with Gasteiger partial charge in [-0.1, -0.05) is 36.7 Å². The SMILES string of the molecule is CCC(NC)c1ccc(OCc2ccc(Cl)cc2F)cc1. The molecule has 0 amide bonds. The van der Waals surface area contributed by atoms with Crippen molar-refractivity contribution in [3.05, 3.63) is 64.4 Å². The molecule has 112 valence electrons. The first-order valence-electron chi connectivity index (χ1n) is 6.98.